The Morgan fingerprint density at radius 3 is 2.44 bits per heavy atom. The third-order valence-corrected chi connectivity index (χ3v) is 5.00. The van der Waals surface area contributed by atoms with Crippen LogP contribution in [0.2, 0.25) is 0 Å². The second kappa shape index (κ2) is 9.05. The molecule has 1 aliphatic rings. The van der Waals surface area contributed by atoms with Crippen molar-refractivity contribution in [2.45, 2.75) is 46.3 Å². The van der Waals surface area contributed by atoms with Gasteiger partial charge in [-0.2, -0.15) is 0 Å². The summed E-state index contributed by atoms with van der Waals surface area (Å²) in [6.07, 6.45) is 2.61. The van der Waals surface area contributed by atoms with Crippen molar-refractivity contribution in [3.63, 3.8) is 0 Å². The predicted octanol–water partition coefficient (Wildman–Crippen LogP) is 4.96. The largest absolute Gasteiger partial charge is 0.489 e. The number of rotatable bonds is 6. The minimum atomic E-state index is -0.117. The van der Waals surface area contributed by atoms with Crippen LogP contribution in [-0.2, 0) is 6.54 Å². The molecule has 1 fully saturated rings. The van der Waals surface area contributed by atoms with Crippen LogP contribution < -0.4 is 10.1 Å². The van der Waals surface area contributed by atoms with Crippen LogP contribution in [-0.4, -0.2) is 30.0 Å². The Kier molecular flexibility index (Phi) is 6.51. The first-order valence-electron chi connectivity index (χ1n) is 9.89. The average molecular weight is 367 g/mol. The molecule has 0 radical (unpaired) electrons. The molecule has 2 aromatic rings. The first kappa shape index (κ1) is 19.4. The van der Waals surface area contributed by atoms with Crippen LogP contribution in [0.3, 0.4) is 0 Å². The second-order valence-corrected chi connectivity index (χ2v) is 7.77. The van der Waals surface area contributed by atoms with E-state index in [9.17, 15) is 4.79 Å². The molecule has 1 heterocycles. The molecule has 27 heavy (non-hydrogen) atoms. The van der Waals surface area contributed by atoms with Crippen LogP contribution in [0, 0.1) is 5.92 Å². The van der Waals surface area contributed by atoms with Gasteiger partial charge in [0.15, 0.2) is 0 Å². The summed E-state index contributed by atoms with van der Waals surface area (Å²) in [6.45, 7) is 9.56. The number of carbonyl (C=O) groups is 1. The third-order valence-electron chi connectivity index (χ3n) is 5.00. The van der Waals surface area contributed by atoms with Crippen molar-refractivity contribution in [1.82, 2.24) is 4.90 Å². The molecule has 4 nitrogen and oxygen atoms in total. The number of benzene rings is 2. The highest BCUT2D eigenvalue weighted by molar-refractivity contribution is 6.05. The van der Waals surface area contributed by atoms with Crippen LogP contribution in [0.15, 0.2) is 48.5 Å². The van der Waals surface area contributed by atoms with Crippen LogP contribution in [0.4, 0.5) is 5.69 Å². The normalized spacial score (nSPS) is 15.7. The zero-order valence-corrected chi connectivity index (χ0v) is 16.6. The molecule has 0 aliphatic carbocycles. The Labute approximate surface area is 162 Å². The Bertz CT molecular complexity index is 747. The SMILES string of the molecule is CC1CCN(Cc2ccc(C(=O)Nc3ccccc3OC(C)C)cc2)CC1. The number of carbonyl (C=O) groups excluding carboxylic acids is 1. The van der Waals surface area contributed by atoms with Crippen LogP contribution >= 0.6 is 0 Å². The van der Waals surface area contributed by atoms with Crippen LogP contribution in [0.25, 0.3) is 0 Å². The average Bonchev–Trinajstić information content (AvgIpc) is 2.65. The van der Waals surface area contributed by atoms with Crippen molar-refractivity contribution in [1.29, 1.82) is 0 Å². The summed E-state index contributed by atoms with van der Waals surface area (Å²) in [5, 5.41) is 2.96. The standard InChI is InChI=1S/C23H30N2O2/c1-17(2)27-22-7-5-4-6-21(22)24-23(26)20-10-8-19(9-11-20)16-25-14-12-18(3)13-15-25/h4-11,17-18H,12-16H2,1-3H3,(H,24,26). The molecule has 0 saturated carbocycles. The smallest absolute Gasteiger partial charge is 0.255 e. The van der Waals surface area contributed by atoms with Gasteiger partial charge in [0.2, 0.25) is 0 Å². The molecule has 1 aliphatic heterocycles. The Morgan fingerprint density at radius 2 is 1.78 bits per heavy atom. The number of nitrogens with zero attached hydrogens (tertiary/aromatic N) is 1. The summed E-state index contributed by atoms with van der Waals surface area (Å²) in [7, 11) is 0. The van der Waals surface area contributed by atoms with Crippen molar-refractivity contribution in [3.05, 3.63) is 59.7 Å². The molecule has 2 aromatic carbocycles. The maximum Gasteiger partial charge on any atom is 0.255 e. The zero-order chi connectivity index (χ0) is 19.2. The number of para-hydroxylation sites is 2. The Hall–Kier alpha value is -2.33. The monoisotopic (exact) mass is 366 g/mol. The van der Waals surface area contributed by atoms with E-state index >= 15 is 0 Å². The van der Waals surface area contributed by atoms with Crippen LogP contribution in [0.5, 0.6) is 5.75 Å². The number of likely N-dealkylation sites (tertiary alicyclic amines) is 1. The van der Waals surface area contributed by atoms with Crippen LogP contribution in [0.1, 0.15) is 49.5 Å². The molecule has 0 atom stereocenters. The van der Waals surface area contributed by atoms with Gasteiger partial charge in [-0.1, -0.05) is 31.2 Å². The molecule has 0 unspecified atom stereocenters. The van der Waals surface area contributed by atoms with Gasteiger partial charge in [-0.05, 0) is 75.5 Å². The molecule has 0 spiro atoms. The lowest BCUT2D eigenvalue weighted by Gasteiger charge is -2.30. The number of nitrogens with one attached hydrogen (secondary N) is 1. The van der Waals surface area contributed by atoms with Gasteiger partial charge in [0, 0.05) is 12.1 Å². The molecule has 0 bridgehead atoms. The van der Waals surface area contributed by atoms with Gasteiger partial charge in [-0.25, -0.2) is 0 Å². The number of amides is 1. The van der Waals surface area contributed by atoms with Crippen molar-refractivity contribution in [2.75, 3.05) is 18.4 Å². The number of piperidine rings is 1. The lowest BCUT2D eigenvalue weighted by atomic mass is 9.99. The summed E-state index contributed by atoms with van der Waals surface area (Å²) < 4.78 is 5.77. The molecule has 1 saturated heterocycles. The Balaban J connectivity index is 1.61. The lowest BCUT2D eigenvalue weighted by Crippen LogP contribution is -2.32. The highest BCUT2D eigenvalue weighted by Gasteiger charge is 2.16. The fourth-order valence-electron chi connectivity index (χ4n) is 3.36. The number of hydrogen-bond donors (Lipinski definition) is 1. The molecule has 144 valence electrons. The molecule has 1 N–H and O–H groups in total. The molecular formula is C23H30N2O2. The predicted molar refractivity (Wildman–Crippen MR) is 110 cm³/mol. The minimum Gasteiger partial charge on any atom is -0.489 e. The summed E-state index contributed by atoms with van der Waals surface area (Å²) in [4.78, 5) is 15.1. The van der Waals surface area contributed by atoms with Gasteiger partial charge >= 0.3 is 0 Å². The third kappa shape index (κ3) is 5.57. The van der Waals surface area contributed by atoms with E-state index in [0.717, 1.165) is 25.6 Å². The van der Waals surface area contributed by atoms with Gasteiger partial charge in [-0.3, -0.25) is 9.69 Å². The van der Waals surface area contributed by atoms with Gasteiger partial charge in [0.1, 0.15) is 5.75 Å². The number of anilines is 1. The fourth-order valence-corrected chi connectivity index (χ4v) is 3.36. The molecule has 4 heteroatoms. The van der Waals surface area contributed by atoms with E-state index in [1.54, 1.807) is 0 Å². The molecule has 0 aromatic heterocycles. The van der Waals surface area contributed by atoms with Gasteiger partial charge in [0.05, 0.1) is 11.8 Å². The molecule has 3 rings (SSSR count). The van der Waals surface area contributed by atoms with E-state index in [-0.39, 0.29) is 12.0 Å². The van der Waals surface area contributed by atoms with E-state index < -0.39 is 0 Å². The van der Waals surface area contributed by atoms with Gasteiger partial charge in [-0.15, -0.1) is 0 Å². The van der Waals surface area contributed by atoms with E-state index in [0.29, 0.717) is 17.0 Å². The summed E-state index contributed by atoms with van der Waals surface area (Å²) in [6, 6.07) is 15.5. The first-order chi connectivity index (χ1) is 13.0. The van der Waals surface area contributed by atoms with E-state index in [1.807, 2.05) is 50.2 Å². The van der Waals surface area contributed by atoms with Crippen molar-refractivity contribution < 1.29 is 9.53 Å². The van der Waals surface area contributed by atoms with E-state index in [2.05, 4.69) is 29.3 Å². The van der Waals surface area contributed by atoms with Gasteiger partial charge < -0.3 is 10.1 Å². The first-order valence-corrected chi connectivity index (χ1v) is 9.89. The molecule has 1 amide bonds. The summed E-state index contributed by atoms with van der Waals surface area (Å²) in [5.41, 5.74) is 2.61. The van der Waals surface area contributed by atoms with Crippen molar-refractivity contribution in [3.8, 4) is 5.75 Å². The Morgan fingerprint density at radius 1 is 1.11 bits per heavy atom. The number of hydrogen-bond acceptors (Lipinski definition) is 3. The lowest BCUT2D eigenvalue weighted by molar-refractivity contribution is 0.102. The second-order valence-electron chi connectivity index (χ2n) is 7.77. The molecular weight excluding hydrogens is 336 g/mol. The maximum absolute atomic E-state index is 12.6. The van der Waals surface area contributed by atoms with Crippen molar-refractivity contribution >= 4 is 11.6 Å². The summed E-state index contributed by atoms with van der Waals surface area (Å²) in [5.74, 6) is 1.42. The quantitative estimate of drug-likeness (QED) is 0.786. The topological polar surface area (TPSA) is 41.6 Å². The minimum absolute atomic E-state index is 0.0557. The maximum atomic E-state index is 12.6. The zero-order valence-electron chi connectivity index (χ0n) is 16.6. The highest BCUT2D eigenvalue weighted by Crippen LogP contribution is 2.25. The number of ether oxygens (including phenoxy) is 1. The van der Waals surface area contributed by atoms with Gasteiger partial charge in [0.25, 0.3) is 5.91 Å². The van der Waals surface area contributed by atoms with Crippen molar-refractivity contribution in [2.24, 2.45) is 5.92 Å². The highest BCUT2D eigenvalue weighted by atomic mass is 16.5. The van der Waals surface area contributed by atoms with E-state index in [1.165, 1.54) is 18.4 Å². The fraction of sp³-hybridized carbons (Fsp3) is 0.435. The van der Waals surface area contributed by atoms with E-state index in [4.69, 9.17) is 4.74 Å². The summed E-state index contributed by atoms with van der Waals surface area (Å²) >= 11 is 0.